The first-order valence-electron chi connectivity index (χ1n) is 24.7. The van der Waals surface area contributed by atoms with Crippen molar-refractivity contribution in [3.05, 3.63) is 28.8 Å². The number of rotatable bonds is 11. The minimum Gasteiger partial charge on any atom is -0.507 e. The van der Waals surface area contributed by atoms with Crippen molar-refractivity contribution < 1.29 is 43.2 Å². The van der Waals surface area contributed by atoms with E-state index in [1.807, 2.05) is 32.9 Å². The number of ether oxygens (including phenoxy) is 4. The molecule has 1 saturated carbocycles. The van der Waals surface area contributed by atoms with Crippen molar-refractivity contribution in [2.45, 2.75) is 260 Å². The van der Waals surface area contributed by atoms with E-state index in [-0.39, 0.29) is 44.1 Å². The molecule has 1 aliphatic carbocycles. The Morgan fingerprint density at radius 1 is 0.485 bits per heavy atom. The van der Waals surface area contributed by atoms with Crippen LogP contribution in [0.1, 0.15) is 198 Å². The summed E-state index contributed by atoms with van der Waals surface area (Å²) in [7, 11) is 0. The van der Waals surface area contributed by atoms with Gasteiger partial charge in [-0.05, 0) is 145 Å². The fraction of sp³-hybridized carbons (Fsp3) is 0.815. The highest BCUT2D eigenvalue weighted by molar-refractivity contribution is 5.89. The Morgan fingerprint density at radius 2 is 0.742 bits per heavy atom. The molecule has 66 heavy (non-hydrogen) atoms. The molecule has 2 unspecified atom stereocenters. The predicted molar refractivity (Wildman–Crippen MR) is 261 cm³/mol. The van der Waals surface area contributed by atoms with Gasteiger partial charge in [0.1, 0.15) is 30.2 Å². The van der Waals surface area contributed by atoms with Gasteiger partial charge in [0.05, 0.1) is 24.7 Å². The van der Waals surface area contributed by atoms with Gasteiger partial charge in [-0.2, -0.15) is 0 Å². The van der Waals surface area contributed by atoms with Crippen LogP contribution in [0.5, 0.6) is 5.75 Å². The predicted octanol–water partition coefficient (Wildman–Crippen LogP) is 10.0. The average molecular weight is 926 g/mol. The van der Waals surface area contributed by atoms with Crippen LogP contribution >= 0.6 is 0 Å². The number of esters is 4. The average Bonchev–Trinajstić information content (AvgIpc) is 3.03. The Bertz CT molecular complexity index is 1720. The van der Waals surface area contributed by atoms with E-state index in [9.17, 15) is 24.3 Å². The largest absolute Gasteiger partial charge is 0.507 e. The topological polar surface area (TPSA) is 162 Å². The van der Waals surface area contributed by atoms with Crippen LogP contribution in [0.4, 0.5) is 0 Å². The third-order valence-electron chi connectivity index (χ3n) is 13.6. The van der Waals surface area contributed by atoms with Gasteiger partial charge in [-0.1, -0.05) is 45.4 Å². The van der Waals surface area contributed by atoms with Crippen LogP contribution in [-0.4, -0.2) is 86.6 Å². The number of benzene rings is 1. The highest BCUT2D eigenvalue weighted by atomic mass is 16.6. The number of hydrogen-bond donors (Lipinski definition) is 4. The maximum atomic E-state index is 14.6. The smallest absolute Gasteiger partial charge is 0.310 e. The summed E-state index contributed by atoms with van der Waals surface area (Å²) in [5, 5.41) is 20.2. The summed E-state index contributed by atoms with van der Waals surface area (Å²) in [6.45, 7) is 39.4. The standard InChI is InChI=1S/C45H79N3O8.C9H12O/c1-38(2)19-28(20-39(3,4)27-38)55-36(51)32(17-34(49)53-29-21-40(5,6)46-41(7,8)22-29)33(37(52)56-31-25-44(13,14)48-45(15,16)26-31)18-35(50)54-30-23-42(9,10)47-43(11,12)24-30;1-6-4-7(2)9(10)8(3)5-6/h28-33,46-48H,17-27H2,1-16H3;4-5,10H,1-3H3. The molecule has 1 aromatic carbocycles. The maximum absolute atomic E-state index is 14.6. The van der Waals surface area contributed by atoms with Gasteiger partial charge in [0.15, 0.2) is 0 Å². The van der Waals surface area contributed by atoms with E-state index in [4.69, 9.17) is 18.9 Å². The summed E-state index contributed by atoms with van der Waals surface area (Å²) >= 11 is 0. The van der Waals surface area contributed by atoms with Gasteiger partial charge in [0.25, 0.3) is 0 Å². The number of aromatic hydroxyl groups is 1. The number of carbonyl (C=O) groups is 4. The SMILES string of the molecule is CC1(C)CC(OC(=O)C(CC(=O)OC2CC(C)(C)NC(C)(C)C2)C(CC(=O)OC2CC(C)(C)NC(C)(C)C2)C(=O)OC2CC(C)(C)NC(C)(C)C2)CC(C)(C)C1.Cc1cc(C)c(O)c(C)c1. The molecule has 3 heterocycles. The fourth-order valence-electron chi connectivity index (χ4n) is 13.0. The Morgan fingerprint density at radius 3 is 1.03 bits per heavy atom. The second-order valence-corrected chi connectivity index (χ2v) is 26.5. The van der Waals surface area contributed by atoms with Crippen LogP contribution in [0.3, 0.4) is 0 Å². The maximum Gasteiger partial charge on any atom is 0.310 e. The van der Waals surface area contributed by atoms with E-state index in [1.165, 1.54) is 5.56 Å². The first kappa shape index (κ1) is 55.4. The molecule has 376 valence electrons. The highest BCUT2D eigenvalue weighted by Gasteiger charge is 2.48. The van der Waals surface area contributed by atoms with Crippen molar-refractivity contribution in [3.8, 4) is 5.75 Å². The van der Waals surface area contributed by atoms with E-state index in [2.05, 4.69) is 127 Å². The monoisotopic (exact) mass is 926 g/mol. The summed E-state index contributed by atoms with van der Waals surface area (Å²) in [4.78, 5) is 57.3. The molecule has 12 heteroatoms. The Balaban J connectivity index is 0.000000839. The number of nitrogens with one attached hydrogen (secondary N) is 3. The van der Waals surface area contributed by atoms with Gasteiger partial charge in [-0.25, -0.2) is 0 Å². The molecular formula is C54H91N3O9. The second kappa shape index (κ2) is 20.0. The van der Waals surface area contributed by atoms with Crippen molar-refractivity contribution in [1.29, 1.82) is 0 Å². The number of phenolic OH excluding ortho intramolecular Hbond substituents is 1. The van der Waals surface area contributed by atoms with Gasteiger partial charge < -0.3 is 40.0 Å². The van der Waals surface area contributed by atoms with Crippen LogP contribution in [0.15, 0.2) is 12.1 Å². The molecule has 0 aromatic heterocycles. The van der Waals surface area contributed by atoms with Crippen LogP contribution in [0.2, 0.25) is 0 Å². The molecule has 12 nitrogen and oxygen atoms in total. The fourth-order valence-corrected chi connectivity index (χ4v) is 13.0. The van der Waals surface area contributed by atoms with E-state index in [1.54, 1.807) is 0 Å². The molecule has 0 bridgehead atoms. The lowest BCUT2D eigenvalue weighted by Gasteiger charge is -2.46. The quantitative estimate of drug-likeness (QED) is 0.123. The van der Waals surface area contributed by atoms with E-state index in [0.29, 0.717) is 57.1 Å². The van der Waals surface area contributed by atoms with Gasteiger partial charge in [0.2, 0.25) is 0 Å². The first-order valence-corrected chi connectivity index (χ1v) is 24.7. The van der Waals surface area contributed by atoms with Crippen LogP contribution < -0.4 is 16.0 Å². The Kier molecular flexibility index (Phi) is 16.8. The molecule has 4 N–H and O–H groups in total. The molecule has 0 amide bonds. The molecule has 4 fully saturated rings. The minimum absolute atomic E-state index is 0.0804. The molecule has 5 rings (SSSR count). The molecule has 4 aliphatic rings. The van der Waals surface area contributed by atoms with Gasteiger partial charge in [0, 0.05) is 71.8 Å². The second-order valence-electron chi connectivity index (χ2n) is 26.5. The molecule has 3 aliphatic heterocycles. The van der Waals surface area contributed by atoms with Crippen LogP contribution in [-0.2, 0) is 38.1 Å². The van der Waals surface area contributed by atoms with Crippen molar-refractivity contribution in [1.82, 2.24) is 16.0 Å². The van der Waals surface area contributed by atoms with Gasteiger partial charge >= 0.3 is 23.9 Å². The van der Waals surface area contributed by atoms with E-state index < -0.39 is 73.0 Å². The van der Waals surface area contributed by atoms with E-state index in [0.717, 1.165) is 17.5 Å². The number of piperidine rings is 3. The molecule has 3 saturated heterocycles. The van der Waals surface area contributed by atoms with Crippen molar-refractivity contribution >= 4 is 23.9 Å². The normalized spacial score (nSPS) is 25.2. The third-order valence-corrected chi connectivity index (χ3v) is 13.6. The van der Waals surface area contributed by atoms with Crippen LogP contribution in [0.25, 0.3) is 0 Å². The Hall–Kier alpha value is -3.22. The molecule has 1 aromatic rings. The zero-order valence-electron chi connectivity index (χ0n) is 44.6. The zero-order chi connectivity index (χ0) is 50.2. The highest BCUT2D eigenvalue weighted by Crippen LogP contribution is 2.47. The number of aryl methyl sites for hydroxylation is 3. The van der Waals surface area contributed by atoms with E-state index >= 15 is 0 Å². The molecular weight excluding hydrogens is 835 g/mol. The van der Waals surface area contributed by atoms with Crippen molar-refractivity contribution in [2.75, 3.05) is 0 Å². The van der Waals surface area contributed by atoms with Crippen molar-refractivity contribution in [2.24, 2.45) is 22.7 Å². The van der Waals surface area contributed by atoms with Gasteiger partial charge in [-0.15, -0.1) is 0 Å². The number of carbonyl (C=O) groups excluding carboxylic acids is 4. The lowest BCUT2D eigenvalue weighted by Crippen LogP contribution is -2.60. The lowest BCUT2D eigenvalue weighted by molar-refractivity contribution is -0.178. The van der Waals surface area contributed by atoms with Gasteiger partial charge in [-0.3, -0.25) is 19.2 Å². The Labute approximate surface area is 398 Å². The number of phenols is 1. The van der Waals surface area contributed by atoms with Crippen LogP contribution in [0, 0.1) is 43.4 Å². The minimum atomic E-state index is -1.32. The first-order chi connectivity index (χ1) is 29.7. The molecule has 0 radical (unpaired) electrons. The number of hydrogen-bond acceptors (Lipinski definition) is 12. The summed E-state index contributed by atoms with van der Waals surface area (Å²) in [5.74, 6) is -4.81. The van der Waals surface area contributed by atoms with Crippen molar-refractivity contribution in [3.63, 3.8) is 0 Å². The summed E-state index contributed by atoms with van der Waals surface area (Å²) in [5.41, 5.74) is 1.17. The summed E-state index contributed by atoms with van der Waals surface area (Å²) < 4.78 is 24.9. The molecule has 2 atom stereocenters. The third kappa shape index (κ3) is 17.1. The summed E-state index contributed by atoms with van der Waals surface area (Å²) in [6, 6.07) is 3.95. The zero-order valence-corrected chi connectivity index (χ0v) is 44.6. The lowest BCUT2D eigenvalue weighted by atomic mass is 9.64. The summed E-state index contributed by atoms with van der Waals surface area (Å²) in [6.07, 6.45) is 3.18. The molecule has 0 spiro atoms.